The number of aryl methyl sites for hydroxylation is 1. The molecule has 0 saturated heterocycles. The highest BCUT2D eigenvalue weighted by molar-refractivity contribution is 5.92. The Hall–Kier alpha value is -3.99. The highest BCUT2D eigenvalue weighted by Gasteiger charge is 2.16. The first-order chi connectivity index (χ1) is 15.1. The molecule has 4 aromatic rings. The van der Waals surface area contributed by atoms with Crippen molar-refractivity contribution in [1.29, 1.82) is 0 Å². The van der Waals surface area contributed by atoms with Crippen LogP contribution < -0.4 is 5.32 Å². The number of hydrogen-bond acceptors (Lipinski definition) is 4. The van der Waals surface area contributed by atoms with Crippen LogP contribution in [0, 0.1) is 6.92 Å². The zero-order valence-electron chi connectivity index (χ0n) is 17.2. The fraction of sp³-hybridized carbons (Fsp3) is 0.115. The zero-order chi connectivity index (χ0) is 21.6. The number of benzene rings is 3. The van der Waals surface area contributed by atoms with E-state index in [0.29, 0.717) is 23.6 Å². The SMILES string of the molecule is Cc1nc(NC(=O)Cc2ccccc2)c(Cc2ccccc2)nc1-c1ccc(O)cc1. The van der Waals surface area contributed by atoms with Crippen molar-refractivity contribution < 1.29 is 9.90 Å². The molecule has 0 aliphatic heterocycles. The molecule has 3 aromatic carbocycles. The molecular weight excluding hydrogens is 386 g/mol. The second-order valence-electron chi connectivity index (χ2n) is 7.37. The van der Waals surface area contributed by atoms with Crippen LogP contribution in [0.5, 0.6) is 5.75 Å². The normalized spacial score (nSPS) is 10.6. The number of nitrogens with zero attached hydrogens (tertiary/aromatic N) is 2. The van der Waals surface area contributed by atoms with Crippen molar-refractivity contribution in [2.24, 2.45) is 0 Å². The molecule has 5 nitrogen and oxygen atoms in total. The van der Waals surface area contributed by atoms with Gasteiger partial charge in [0.05, 0.1) is 23.5 Å². The summed E-state index contributed by atoms with van der Waals surface area (Å²) in [6, 6.07) is 26.5. The number of nitrogens with one attached hydrogen (secondary N) is 1. The van der Waals surface area contributed by atoms with Crippen LogP contribution in [0.3, 0.4) is 0 Å². The van der Waals surface area contributed by atoms with Crippen LogP contribution >= 0.6 is 0 Å². The van der Waals surface area contributed by atoms with Gasteiger partial charge >= 0.3 is 0 Å². The largest absolute Gasteiger partial charge is 0.508 e. The smallest absolute Gasteiger partial charge is 0.229 e. The van der Waals surface area contributed by atoms with Gasteiger partial charge in [0.25, 0.3) is 0 Å². The van der Waals surface area contributed by atoms with Gasteiger partial charge < -0.3 is 10.4 Å². The number of amides is 1. The number of hydrogen-bond donors (Lipinski definition) is 2. The molecule has 0 saturated carbocycles. The van der Waals surface area contributed by atoms with Crippen molar-refractivity contribution in [3.05, 3.63) is 107 Å². The molecule has 2 N–H and O–H groups in total. The lowest BCUT2D eigenvalue weighted by Gasteiger charge is -2.14. The Bertz CT molecular complexity index is 1170. The van der Waals surface area contributed by atoms with Gasteiger partial charge in [0.2, 0.25) is 5.91 Å². The standard InChI is InChI=1S/C26H23N3O2/c1-18-25(21-12-14-22(30)15-13-21)28-23(16-19-8-4-2-5-9-19)26(27-18)29-24(31)17-20-10-6-3-7-11-20/h2-15,30H,16-17H2,1H3,(H,27,29,31). The molecule has 1 aromatic heterocycles. The molecule has 0 spiro atoms. The van der Waals surface area contributed by atoms with E-state index in [1.165, 1.54) is 0 Å². The van der Waals surface area contributed by atoms with E-state index in [-0.39, 0.29) is 18.1 Å². The zero-order valence-corrected chi connectivity index (χ0v) is 17.2. The van der Waals surface area contributed by atoms with Crippen molar-refractivity contribution in [1.82, 2.24) is 9.97 Å². The number of aromatic hydroxyl groups is 1. The van der Waals surface area contributed by atoms with E-state index in [1.54, 1.807) is 12.1 Å². The van der Waals surface area contributed by atoms with Crippen LogP contribution in [0.15, 0.2) is 84.9 Å². The van der Waals surface area contributed by atoms with Crippen LogP contribution in [0.4, 0.5) is 5.82 Å². The highest BCUT2D eigenvalue weighted by Crippen LogP contribution is 2.26. The van der Waals surface area contributed by atoms with Crippen LogP contribution in [-0.4, -0.2) is 21.0 Å². The topological polar surface area (TPSA) is 75.1 Å². The van der Waals surface area contributed by atoms with Crippen LogP contribution in [0.25, 0.3) is 11.3 Å². The molecule has 0 unspecified atom stereocenters. The van der Waals surface area contributed by atoms with Gasteiger partial charge in [-0.3, -0.25) is 4.79 Å². The summed E-state index contributed by atoms with van der Waals surface area (Å²) in [4.78, 5) is 22.2. The Morgan fingerprint density at radius 1 is 0.839 bits per heavy atom. The molecular formula is C26H23N3O2. The summed E-state index contributed by atoms with van der Waals surface area (Å²) in [5.74, 6) is 0.542. The second kappa shape index (κ2) is 9.22. The van der Waals surface area contributed by atoms with Gasteiger partial charge in [-0.15, -0.1) is 0 Å². The summed E-state index contributed by atoms with van der Waals surface area (Å²) in [5.41, 5.74) is 5.01. The third kappa shape index (κ3) is 5.14. The number of carbonyl (C=O) groups excluding carboxylic acids is 1. The molecule has 0 aliphatic carbocycles. The Kier molecular flexibility index (Phi) is 6.03. The summed E-state index contributed by atoms with van der Waals surface area (Å²) in [6.07, 6.45) is 0.812. The molecule has 1 heterocycles. The van der Waals surface area contributed by atoms with Crippen molar-refractivity contribution in [3.63, 3.8) is 0 Å². The van der Waals surface area contributed by atoms with E-state index in [2.05, 4.69) is 5.32 Å². The molecule has 0 fully saturated rings. The molecule has 154 valence electrons. The number of phenols is 1. The van der Waals surface area contributed by atoms with E-state index >= 15 is 0 Å². The van der Waals surface area contributed by atoms with Crippen LogP contribution in [0.1, 0.15) is 22.5 Å². The van der Waals surface area contributed by atoms with E-state index in [1.807, 2.05) is 79.7 Å². The average molecular weight is 409 g/mol. The first kappa shape index (κ1) is 20.3. The van der Waals surface area contributed by atoms with Crippen LogP contribution in [-0.2, 0) is 17.6 Å². The summed E-state index contributed by atoms with van der Waals surface area (Å²) in [5, 5.41) is 12.6. The number of aromatic nitrogens is 2. The molecule has 0 atom stereocenters. The lowest BCUT2D eigenvalue weighted by atomic mass is 10.1. The van der Waals surface area contributed by atoms with Gasteiger partial charge in [-0.25, -0.2) is 9.97 Å². The van der Waals surface area contributed by atoms with Gasteiger partial charge in [-0.05, 0) is 42.3 Å². The van der Waals surface area contributed by atoms with Crippen molar-refractivity contribution in [2.45, 2.75) is 19.8 Å². The third-order valence-electron chi connectivity index (χ3n) is 4.96. The highest BCUT2D eigenvalue weighted by atomic mass is 16.3. The number of rotatable bonds is 6. The van der Waals surface area contributed by atoms with Gasteiger partial charge in [0, 0.05) is 12.0 Å². The maximum Gasteiger partial charge on any atom is 0.229 e. The fourth-order valence-corrected chi connectivity index (χ4v) is 3.42. The molecule has 5 heteroatoms. The van der Waals surface area contributed by atoms with E-state index in [0.717, 1.165) is 22.4 Å². The first-order valence-corrected chi connectivity index (χ1v) is 10.1. The van der Waals surface area contributed by atoms with Crippen molar-refractivity contribution in [2.75, 3.05) is 5.32 Å². The maximum absolute atomic E-state index is 12.7. The minimum Gasteiger partial charge on any atom is -0.508 e. The average Bonchev–Trinajstić information content (AvgIpc) is 2.77. The minimum atomic E-state index is -0.133. The number of anilines is 1. The molecule has 0 aliphatic rings. The van der Waals surface area contributed by atoms with Gasteiger partial charge in [0.15, 0.2) is 5.82 Å². The van der Waals surface area contributed by atoms with Gasteiger partial charge in [-0.1, -0.05) is 60.7 Å². The summed E-state index contributed by atoms with van der Waals surface area (Å²) in [6.45, 7) is 1.87. The molecule has 1 amide bonds. The summed E-state index contributed by atoms with van der Waals surface area (Å²) in [7, 11) is 0. The van der Waals surface area contributed by atoms with Crippen LogP contribution in [0.2, 0.25) is 0 Å². The van der Waals surface area contributed by atoms with E-state index < -0.39 is 0 Å². The van der Waals surface area contributed by atoms with E-state index in [9.17, 15) is 9.90 Å². The Balaban J connectivity index is 1.68. The van der Waals surface area contributed by atoms with E-state index in [4.69, 9.17) is 9.97 Å². The molecule has 31 heavy (non-hydrogen) atoms. The molecule has 0 bridgehead atoms. The second-order valence-corrected chi connectivity index (χ2v) is 7.37. The third-order valence-corrected chi connectivity index (χ3v) is 4.96. The Morgan fingerprint density at radius 3 is 2.10 bits per heavy atom. The predicted molar refractivity (Wildman–Crippen MR) is 122 cm³/mol. The van der Waals surface area contributed by atoms with Gasteiger partial charge in [-0.2, -0.15) is 0 Å². The number of phenolic OH excluding ortho intramolecular Hbond substituents is 1. The molecule has 0 radical (unpaired) electrons. The number of carbonyl (C=O) groups is 1. The Morgan fingerprint density at radius 2 is 1.45 bits per heavy atom. The first-order valence-electron chi connectivity index (χ1n) is 10.1. The molecule has 4 rings (SSSR count). The lowest BCUT2D eigenvalue weighted by molar-refractivity contribution is -0.115. The summed E-state index contributed by atoms with van der Waals surface area (Å²) < 4.78 is 0. The van der Waals surface area contributed by atoms with Crippen molar-refractivity contribution in [3.8, 4) is 17.0 Å². The lowest BCUT2D eigenvalue weighted by Crippen LogP contribution is -2.18. The quantitative estimate of drug-likeness (QED) is 0.473. The predicted octanol–water partition coefficient (Wildman–Crippen LogP) is 4.93. The van der Waals surface area contributed by atoms with Crippen molar-refractivity contribution >= 4 is 11.7 Å². The monoisotopic (exact) mass is 409 g/mol. The van der Waals surface area contributed by atoms with Gasteiger partial charge in [0.1, 0.15) is 5.75 Å². The Labute approximate surface area is 181 Å². The summed E-state index contributed by atoms with van der Waals surface area (Å²) >= 11 is 0. The maximum atomic E-state index is 12.7. The minimum absolute atomic E-state index is 0.133. The fourth-order valence-electron chi connectivity index (χ4n) is 3.42.